The molecule has 0 spiro atoms. The highest BCUT2D eigenvalue weighted by atomic mass is 16.5. The lowest BCUT2D eigenvalue weighted by atomic mass is 10.1. The molecular weight excluding hydrogens is 184 g/mol. The molecule has 0 aliphatic carbocycles. The second kappa shape index (κ2) is 4.76. The first-order valence-corrected chi connectivity index (χ1v) is 4.42. The van der Waals surface area contributed by atoms with Crippen LogP contribution in [0.3, 0.4) is 0 Å². The number of hydrogen-bond donors (Lipinski definition) is 2. The fourth-order valence-corrected chi connectivity index (χ4v) is 1.17. The van der Waals surface area contributed by atoms with Gasteiger partial charge in [-0.25, -0.2) is 0 Å². The Kier molecular flexibility index (Phi) is 3.64. The van der Waals surface area contributed by atoms with Crippen LogP contribution in [-0.4, -0.2) is 32.1 Å². The monoisotopic (exact) mass is 198 g/mol. The first kappa shape index (κ1) is 10.7. The van der Waals surface area contributed by atoms with Gasteiger partial charge in [0.05, 0.1) is 6.54 Å². The van der Waals surface area contributed by atoms with Gasteiger partial charge in [-0.05, 0) is 18.9 Å². The van der Waals surface area contributed by atoms with E-state index in [-0.39, 0.29) is 18.4 Å². The van der Waals surface area contributed by atoms with Crippen LogP contribution in [0.4, 0.5) is 0 Å². The maximum atomic E-state index is 11.3. The van der Waals surface area contributed by atoms with Gasteiger partial charge in [0.15, 0.2) is 0 Å². The molecule has 0 atom stereocenters. The minimum absolute atomic E-state index is 0.0554. The summed E-state index contributed by atoms with van der Waals surface area (Å²) in [4.78, 5) is 22.3. The highest BCUT2D eigenvalue weighted by Gasteiger charge is 2.21. The van der Waals surface area contributed by atoms with Crippen molar-refractivity contribution < 1.29 is 14.3 Å². The van der Waals surface area contributed by atoms with Crippen LogP contribution in [0, 0.1) is 0 Å². The van der Waals surface area contributed by atoms with Crippen LogP contribution in [0.1, 0.15) is 13.3 Å². The Hall–Kier alpha value is -1.36. The number of carbonyl (C=O) groups is 2. The fourth-order valence-electron chi connectivity index (χ4n) is 1.17. The number of carbonyl (C=O) groups excluding carboxylic acids is 2. The molecule has 1 saturated heterocycles. The fraction of sp³-hybridized carbons (Fsp3) is 0.556. The molecule has 0 unspecified atom stereocenters. The third-order valence-electron chi connectivity index (χ3n) is 2.01. The van der Waals surface area contributed by atoms with Gasteiger partial charge in [-0.2, -0.15) is 0 Å². The minimum atomic E-state index is -0.224. The van der Waals surface area contributed by atoms with Gasteiger partial charge in [-0.3, -0.25) is 9.59 Å². The molecule has 1 heterocycles. The zero-order valence-electron chi connectivity index (χ0n) is 8.35. The van der Waals surface area contributed by atoms with Crippen LogP contribution in [-0.2, 0) is 14.3 Å². The van der Waals surface area contributed by atoms with Gasteiger partial charge >= 0.3 is 0 Å². The summed E-state index contributed by atoms with van der Waals surface area (Å²) < 4.78 is 4.89. The molecule has 1 rings (SSSR count). The third-order valence-corrected chi connectivity index (χ3v) is 2.01. The van der Waals surface area contributed by atoms with Crippen molar-refractivity contribution in [1.29, 1.82) is 0 Å². The SMILES string of the molecule is COCC/C(C)=C1/NC(=O)CNC1=O. The lowest BCUT2D eigenvalue weighted by molar-refractivity contribution is -0.128. The average molecular weight is 198 g/mol. The largest absolute Gasteiger partial charge is 0.384 e. The maximum absolute atomic E-state index is 11.3. The molecule has 1 aliphatic heterocycles. The van der Waals surface area contributed by atoms with Crippen molar-refractivity contribution in [3.05, 3.63) is 11.3 Å². The van der Waals surface area contributed by atoms with Crippen LogP contribution < -0.4 is 10.6 Å². The van der Waals surface area contributed by atoms with Crippen molar-refractivity contribution in [2.45, 2.75) is 13.3 Å². The summed E-state index contributed by atoms with van der Waals surface area (Å²) in [5, 5.41) is 5.04. The molecule has 78 valence electrons. The minimum Gasteiger partial charge on any atom is -0.384 e. The molecular formula is C9H14N2O3. The number of rotatable bonds is 3. The van der Waals surface area contributed by atoms with Gasteiger partial charge in [0.1, 0.15) is 5.70 Å². The predicted molar refractivity (Wildman–Crippen MR) is 50.3 cm³/mol. The number of methoxy groups -OCH3 is 1. The van der Waals surface area contributed by atoms with E-state index in [0.717, 1.165) is 5.57 Å². The molecule has 14 heavy (non-hydrogen) atoms. The molecule has 2 amide bonds. The third kappa shape index (κ3) is 2.56. The number of hydrogen-bond acceptors (Lipinski definition) is 3. The van der Waals surface area contributed by atoms with Gasteiger partial charge in [-0.15, -0.1) is 0 Å². The van der Waals surface area contributed by atoms with Crippen molar-refractivity contribution in [1.82, 2.24) is 10.6 Å². The molecule has 2 N–H and O–H groups in total. The van der Waals surface area contributed by atoms with Gasteiger partial charge in [-0.1, -0.05) is 0 Å². The average Bonchev–Trinajstić information content (AvgIpc) is 2.18. The highest BCUT2D eigenvalue weighted by Crippen LogP contribution is 2.08. The summed E-state index contributed by atoms with van der Waals surface area (Å²) in [6, 6.07) is 0. The summed E-state index contributed by atoms with van der Waals surface area (Å²) in [6.45, 7) is 2.40. The van der Waals surface area contributed by atoms with Crippen molar-refractivity contribution >= 4 is 11.8 Å². The van der Waals surface area contributed by atoms with Crippen molar-refractivity contribution in [2.24, 2.45) is 0 Å². The Morgan fingerprint density at radius 1 is 1.50 bits per heavy atom. The van der Waals surface area contributed by atoms with Crippen LogP contribution in [0.2, 0.25) is 0 Å². The molecule has 1 fully saturated rings. The highest BCUT2D eigenvalue weighted by molar-refractivity contribution is 6.03. The van der Waals surface area contributed by atoms with Gasteiger partial charge in [0, 0.05) is 13.7 Å². The van der Waals surface area contributed by atoms with E-state index in [0.29, 0.717) is 18.7 Å². The molecule has 0 aromatic carbocycles. The predicted octanol–water partition coefficient (Wildman–Crippen LogP) is -0.457. The Morgan fingerprint density at radius 2 is 2.21 bits per heavy atom. The van der Waals surface area contributed by atoms with Crippen LogP contribution in [0.5, 0.6) is 0 Å². The van der Waals surface area contributed by atoms with Crippen molar-refractivity contribution in [3.63, 3.8) is 0 Å². The first-order chi connectivity index (χ1) is 6.65. The second-order valence-corrected chi connectivity index (χ2v) is 3.13. The zero-order chi connectivity index (χ0) is 10.6. The van der Waals surface area contributed by atoms with Crippen LogP contribution in [0.15, 0.2) is 11.3 Å². The zero-order valence-corrected chi connectivity index (χ0v) is 8.35. The lowest BCUT2D eigenvalue weighted by Crippen LogP contribution is -2.47. The van der Waals surface area contributed by atoms with Gasteiger partial charge in [0.2, 0.25) is 5.91 Å². The van der Waals surface area contributed by atoms with E-state index in [1.54, 1.807) is 14.0 Å². The molecule has 0 radical (unpaired) electrons. The van der Waals surface area contributed by atoms with Crippen molar-refractivity contribution in [2.75, 3.05) is 20.3 Å². The summed E-state index contributed by atoms with van der Waals surface area (Å²) in [5.41, 5.74) is 1.19. The van der Waals surface area contributed by atoms with Gasteiger partial charge in [0.25, 0.3) is 5.91 Å². The summed E-state index contributed by atoms with van der Waals surface area (Å²) in [5.74, 6) is -0.408. The second-order valence-electron chi connectivity index (χ2n) is 3.13. The topological polar surface area (TPSA) is 67.4 Å². The first-order valence-electron chi connectivity index (χ1n) is 4.42. The molecule has 0 aromatic rings. The smallest absolute Gasteiger partial charge is 0.268 e. The normalized spacial score (nSPS) is 20.1. The Labute approximate surface area is 82.5 Å². The Bertz CT molecular complexity index is 284. The molecule has 1 aliphatic rings. The summed E-state index contributed by atoms with van der Waals surface area (Å²) in [7, 11) is 1.59. The van der Waals surface area contributed by atoms with Gasteiger partial charge < -0.3 is 15.4 Å². The molecule has 0 aromatic heterocycles. The quantitative estimate of drug-likeness (QED) is 0.603. The number of piperazine rings is 1. The van der Waals surface area contributed by atoms with E-state index < -0.39 is 0 Å². The van der Waals surface area contributed by atoms with Crippen molar-refractivity contribution in [3.8, 4) is 0 Å². The number of nitrogens with one attached hydrogen (secondary N) is 2. The maximum Gasteiger partial charge on any atom is 0.268 e. The van der Waals surface area contributed by atoms with E-state index in [2.05, 4.69) is 10.6 Å². The van der Waals surface area contributed by atoms with E-state index in [1.807, 2.05) is 0 Å². The Morgan fingerprint density at radius 3 is 2.86 bits per heavy atom. The summed E-state index contributed by atoms with van der Waals surface area (Å²) >= 11 is 0. The van der Waals surface area contributed by atoms with Crippen LogP contribution >= 0.6 is 0 Å². The number of ether oxygens (including phenoxy) is 1. The molecule has 5 nitrogen and oxygen atoms in total. The van der Waals surface area contributed by atoms with E-state index in [1.165, 1.54) is 0 Å². The molecule has 0 bridgehead atoms. The van der Waals surface area contributed by atoms with E-state index in [9.17, 15) is 9.59 Å². The molecule has 5 heteroatoms. The number of amides is 2. The molecule has 0 saturated carbocycles. The van der Waals surface area contributed by atoms with E-state index >= 15 is 0 Å². The van der Waals surface area contributed by atoms with E-state index in [4.69, 9.17) is 4.74 Å². The van der Waals surface area contributed by atoms with Crippen LogP contribution in [0.25, 0.3) is 0 Å². The standard InChI is InChI=1S/C9H14N2O3/c1-6(3-4-14-2)8-9(13)10-5-7(12)11-8/h3-5H2,1-2H3,(H,10,13)(H,11,12)/b8-6+. The Balaban J connectivity index is 2.70. The summed E-state index contributed by atoms with van der Waals surface area (Å²) in [6.07, 6.45) is 0.638. The lowest BCUT2D eigenvalue weighted by Gasteiger charge is -2.18.